The molecule has 0 radical (unpaired) electrons. The molecule has 7 N–H and O–H groups in total. The lowest BCUT2D eigenvalue weighted by molar-refractivity contribution is 0.333. The third-order valence-corrected chi connectivity index (χ3v) is 1.45. The van der Waals surface area contributed by atoms with Gasteiger partial charge in [-0.3, -0.25) is 5.43 Å². The molecule has 0 spiro atoms. The van der Waals surface area contributed by atoms with Crippen molar-refractivity contribution in [1.29, 1.82) is 0 Å². The van der Waals surface area contributed by atoms with E-state index in [2.05, 4.69) is 20.8 Å². The maximum Gasteiger partial charge on any atom is 0.198 e. The standard InChI is InChI=1S/C3H7N9/c4-2-1-3(8-10-7-2)9-12(6)11(1)5/h5-6H2,(H3,4,7,8,9). The SMILES string of the molecule is Nc1nnnc2c1N(N)N(N)N2. The molecule has 0 aliphatic carbocycles. The number of aromatic nitrogens is 3. The Morgan fingerprint density at radius 1 is 1.25 bits per heavy atom. The summed E-state index contributed by atoms with van der Waals surface area (Å²) >= 11 is 0. The third kappa shape index (κ3) is 0.747. The van der Waals surface area contributed by atoms with Crippen LogP contribution in [-0.2, 0) is 0 Å². The predicted octanol–water partition coefficient (Wildman–Crippen LogP) is -2.43. The molecule has 1 aliphatic rings. The largest absolute Gasteiger partial charge is 0.380 e. The third-order valence-electron chi connectivity index (χ3n) is 1.45. The zero-order valence-corrected chi connectivity index (χ0v) is 5.97. The Balaban J connectivity index is 2.55. The zero-order valence-electron chi connectivity index (χ0n) is 5.97. The highest BCUT2D eigenvalue weighted by Gasteiger charge is 2.27. The highest BCUT2D eigenvalue weighted by molar-refractivity contribution is 5.77. The fourth-order valence-corrected chi connectivity index (χ4v) is 0.903. The van der Waals surface area contributed by atoms with Crippen molar-refractivity contribution in [2.24, 2.45) is 11.7 Å². The molecule has 2 rings (SSSR count). The first kappa shape index (κ1) is 6.97. The van der Waals surface area contributed by atoms with E-state index in [1.807, 2.05) is 0 Å². The van der Waals surface area contributed by atoms with E-state index in [-0.39, 0.29) is 5.82 Å². The zero-order chi connectivity index (χ0) is 8.72. The number of hydrazine groups is 4. The van der Waals surface area contributed by atoms with Gasteiger partial charge in [0, 0.05) is 0 Å². The highest BCUT2D eigenvalue weighted by Crippen LogP contribution is 2.30. The van der Waals surface area contributed by atoms with Gasteiger partial charge in [-0.05, 0) is 10.4 Å². The van der Waals surface area contributed by atoms with E-state index in [0.717, 1.165) is 10.3 Å². The molecule has 64 valence electrons. The van der Waals surface area contributed by atoms with Gasteiger partial charge in [0.1, 0.15) is 0 Å². The van der Waals surface area contributed by atoms with Crippen LogP contribution in [0.4, 0.5) is 17.3 Å². The number of nitrogens with zero attached hydrogens (tertiary/aromatic N) is 5. The topological polar surface area (TPSA) is 135 Å². The van der Waals surface area contributed by atoms with Gasteiger partial charge in [-0.1, -0.05) is 0 Å². The number of hydrogen-bond donors (Lipinski definition) is 4. The number of anilines is 3. The minimum absolute atomic E-state index is 0.169. The van der Waals surface area contributed by atoms with Crippen molar-refractivity contribution in [2.45, 2.75) is 0 Å². The van der Waals surface area contributed by atoms with Crippen LogP contribution in [0.25, 0.3) is 0 Å². The first-order valence-corrected chi connectivity index (χ1v) is 3.05. The monoisotopic (exact) mass is 169 g/mol. The number of nitrogens with one attached hydrogen (secondary N) is 1. The lowest BCUT2D eigenvalue weighted by Crippen LogP contribution is -2.51. The van der Waals surface area contributed by atoms with Gasteiger partial charge in [0.2, 0.25) is 0 Å². The Hall–Kier alpha value is -1.71. The molecule has 2 heterocycles. The number of rotatable bonds is 0. The van der Waals surface area contributed by atoms with Crippen molar-refractivity contribution in [3.05, 3.63) is 0 Å². The molecule has 0 saturated heterocycles. The maximum absolute atomic E-state index is 5.47. The summed E-state index contributed by atoms with van der Waals surface area (Å²) in [5.41, 5.74) is 8.48. The molecule has 1 aromatic rings. The first-order chi connectivity index (χ1) is 5.70. The van der Waals surface area contributed by atoms with Gasteiger partial charge < -0.3 is 5.73 Å². The minimum Gasteiger partial charge on any atom is -0.380 e. The summed E-state index contributed by atoms with van der Waals surface area (Å²) in [6.07, 6.45) is 0. The molecule has 0 fully saturated rings. The van der Waals surface area contributed by atoms with E-state index in [1.165, 1.54) is 0 Å². The van der Waals surface area contributed by atoms with Gasteiger partial charge in [0.25, 0.3) is 0 Å². The van der Waals surface area contributed by atoms with Crippen molar-refractivity contribution < 1.29 is 0 Å². The Bertz CT molecular complexity index is 309. The van der Waals surface area contributed by atoms with Crippen molar-refractivity contribution in [3.8, 4) is 0 Å². The maximum atomic E-state index is 5.47. The van der Waals surface area contributed by atoms with Gasteiger partial charge >= 0.3 is 0 Å². The number of fused-ring (bicyclic) bond motifs is 1. The van der Waals surface area contributed by atoms with Crippen LogP contribution < -0.4 is 28.0 Å². The first-order valence-electron chi connectivity index (χ1n) is 3.05. The second kappa shape index (κ2) is 2.14. The Kier molecular flexibility index (Phi) is 1.24. The Morgan fingerprint density at radius 3 is 2.67 bits per heavy atom. The van der Waals surface area contributed by atoms with Gasteiger partial charge in [-0.25, -0.2) is 16.8 Å². The Labute approximate surface area is 67.0 Å². The van der Waals surface area contributed by atoms with Gasteiger partial charge in [-0.2, -0.15) is 0 Å². The van der Waals surface area contributed by atoms with Crippen LogP contribution >= 0.6 is 0 Å². The molecule has 0 bridgehead atoms. The molecule has 1 aliphatic heterocycles. The van der Waals surface area contributed by atoms with Crippen LogP contribution in [0.5, 0.6) is 0 Å². The quantitative estimate of drug-likeness (QED) is 0.312. The molecule has 1 aromatic heterocycles. The fourth-order valence-electron chi connectivity index (χ4n) is 0.903. The van der Waals surface area contributed by atoms with E-state index in [0.29, 0.717) is 11.5 Å². The molecule has 0 atom stereocenters. The van der Waals surface area contributed by atoms with Crippen molar-refractivity contribution in [1.82, 2.24) is 20.6 Å². The molecule has 9 heteroatoms. The van der Waals surface area contributed by atoms with Crippen LogP contribution in [-0.4, -0.2) is 20.6 Å². The van der Waals surface area contributed by atoms with E-state index in [1.54, 1.807) is 0 Å². The average Bonchev–Trinajstić information content (AvgIpc) is 2.29. The molecule has 0 aromatic carbocycles. The average molecular weight is 169 g/mol. The van der Waals surface area contributed by atoms with E-state index in [9.17, 15) is 0 Å². The second-order valence-corrected chi connectivity index (χ2v) is 2.17. The molecular weight excluding hydrogens is 162 g/mol. The van der Waals surface area contributed by atoms with E-state index >= 15 is 0 Å². The van der Waals surface area contributed by atoms with Gasteiger partial charge in [0.15, 0.2) is 17.3 Å². The number of nitrogens with two attached hydrogens (primary N) is 3. The summed E-state index contributed by atoms with van der Waals surface area (Å²) in [5, 5.41) is 12.6. The highest BCUT2D eigenvalue weighted by atomic mass is 16.0. The molecular formula is C3H7N9. The summed E-state index contributed by atoms with van der Waals surface area (Å²) in [6, 6.07) is 0. The molecule has 9 nitrogen and oxygen atoms in total. The Morgan fingerprint density at radius 2 is 2.00 bits per heavy atom. The molecule has 0 saturated carbocycles. The molecule has 0 amide bonds. The lowest BCUT2D eigenvalue weighted by Gasteiger charge is -2.17. The van der Waals surface area contributed by atoms with Crippen molar-refractivity contribution in [3.63, 3.8) is 0 Å². The summed E-state index contributed by atoms with van der Waals surface area (Å²) in [7, 11) is 0. The fraction of sp³-hybridized carbons (Fsp3) is 0. The summed E-state index contributed by atoms with van der Waals surface area (Å²) < 4.78 is 0. The van der Waals surface area contributed by atoms with E-state index < -0.39 is 0 Å². The normalized spacial score (nSPS) is 16.0. The number of hydrogen-bond acceptors (Lipinski definition) is 9. The summed E-state index contributed by atoms with van der Waals surface area (Å²) in [6.45, 7) is 0. The van der Waals surface area contributed by atoms with Crippen LogP contribution in [0.3, 0.4) is 0 Å². The van der Waals surface area contributed by atoms with Gasteiger partial charge in [-0.15, -0.1) is 10.2 Å². The van der Waals surface area contributed by atoms with Crippen molar-refractivity contribution >= 4 is 17.3 Å². The molecule has 12 heavy (non-hydrogen) atoms. The smallest absolute Gasteiger partial charge is 0.198 e. The van der Waals surface area contributed by atoms with Crippen LogP contribution in [0, 0.1) is 0 Å². The van der Waals surface area contributed by atoms with Crippen LogP contribution in [0.15, 0.2) is 0 Å². The summed E-state index contributed by atoms with van der Waals surface area (Å²) in [5.74, 6) is 11.4. The summed E-state index contributed by atoms with van der Waals surface area (Å²) in [4.78, 5) is 0. The van der Waals surface area contributed by atoms with Crippen molar-refractivity contribution in [2.75, 3.05) is 16.3 Å². The number of nitrogen functional groups attached to an aromatic ring is 1. The molecule has 0 unspecified atom stereocenters. The predicted molar refractivity (Wildman–Crippen MR) is 40.6 cm³/mol. The van der Waals surface area contributed by atoms with Gasteiger partial charge in [0.05, 0.1) is 0 Å². The van der Waals surface area contributed by atoms with Crippen LogP contribution in [0.2, 0.25) is 0 Å². The van der Waals surface area contributed by atoms with Crippen LogP contribution in [0.1, 0.15) is 0 Å². The lowest BCUT2D eigenvalue weighted by atomic mass is 10.5. The second-order valence-electron chi connectivity index (χ2n) is 2.17. The van der Waals surface area contributed by atoms with E-state index in [4.69, 9.17) is 17.4 Å². The minimum atomic E-state index is 0.169.